The van der Waals surface area contributed by atoms with Crippen LogP contribution in [0, 0.1) is 11.6 Å². The highest BCUT2D eigenvalue weighted by Gasteiger charge is 2.14. The zero-order chi connectivity index (χ0) is 20.1. The smallest absolute Gasteiger partial charge is 0.258 e. The fourth-order valence-electron chi connectivity index (χ4n) is 2.34. The maximum atomic E-state index is 13.6. The standard InChI is InChI=1S/C19H16F2N4O3/c1-27-12-6-7-16(28-2)15(8-12)24-19-22-9-11(10-23-19)18(26)25-17-13(20)4-3-5-14(17)21/h3-10H,1-2H3,(H,25,26)(H,22,23,24). The summed E-state index contributed by atoms with van der Waals surface area (Å²) in [6, 6.07) is 8.44. The second kappa shape index (κ2) is 8.30. The number of ether oxygens (including phenoxy) is 2. The number of methoxy groups -OCH3 is 2. The zero-order valence-corrected chi connectivity index (χ0v) is 15.0. The van der Waals surface area contributed by atoms with Crippen LogP contribution in [0.4, 0.5) is 26.1 Å². The van der Waals surface area contributed by atoms with Gasteiger partial charge in [-0.2, -0.15) is 0 Å². The van der Waals surface area contributed by atoms with Crippen molar-refractivity contribution in [1.82, 2.24) is 9.97 Å². The van der Waals surface area contributed by atoms with Gasteiger partial charge in [0.2, 0.25) is 5.95 Å². The molecule has 7 nitrogen and oxygen atoms in total. The molecule has 144 valence electrons. The van der Waals surface area contributed by atoms with Gasteiger partial charge < -0.3 is 20.1 Å². The molecule has 0 aliphatic carbocycles. The van der Waals surface area contributed by atoms with Crippen LogP contribution in [0.25, 0.3) is 0 Å². The highest BCUT2D eigenvalue weighted by Crippen LogP contribution is 2.30. The second-order valence-corrected chi connectivity index (χ2v) is 5.54. The number of anilines is 3. The zero-order valence-electron chi connectivity index (χ0n) is 15.0. The van der Waals surface area contributed by atoms with E-state index in [-0.39, 0.29) is 11.5 Å². The van der Waals surface area contributed by atoms with Crippen LogP contribution < -0.4 is 20.1 Å². The van der Waals surface area contributed by atoms with E-state index in [0.29, 0.717) is 17.2 Å². The van der Waals surface area contributed by atoms with E-state index in [1.165, 1.54) is 32.7 Å². The van der Waals surface area contributed by atoms with E-state index in [1.807, 2.05) is 0 Å². The van der Waals surface area contributed by atoms with Gasteiger partial charge >= 0.3 is 0 Å². The van der Waals surface area contributed by atoms with Crippen LogP contribution in [0.1, 0.15) is 10.4 Å². The van der Waals surface area contributed by atoms with Crippen molar-refractivity contribution in [2.24, 2.45) is 0 Å². The molecule has 0 saturated heterocycles. The average Bonchev–Trinajstić information content (AvgIpc) is 2.71. The molecule has 9 heteroatoms. The van der Waals surface area contributed by atoms with Gasteiger partial charge in [-0.05, 0) is 24.3 Å². The lowest BCUT2D eigenvalue weighted by atomic mass is 10.2. The average molecular weight is 386 g/mol. The Morgan fingerprint density at radius 1 is 1.00 bits per heavy atom. The van der Waals surface area contributed by atoms with Crippen LogP contribution in [0.2, 0.25) is 0 Å². The first-order valence-corrected chi connectivity index (χ1v) is 8.08. The number of aromatic nitrogens is 2. The SMILES string of the molecule is COc1ccc(OC)c(Nc2ncc(C(=O)Nc3c(F)cccc3F)cn2)c1. The molecule has 0 saturated carbocycles. The van der Waals surface area contributed by atoms with Crippen molar-refractivity contribution in [3.05, 3.63) is 66.0 Å². The molecule has 1 aromatic heterocycles. The summed E-state index contributed by atoms with van der Waals surface area (Å²) < 4.78 is 37.7. The fraction of sp³-hybridized carbons (Fsp3) is 0.105. The summed E-state index contributed by atoms with van der Waals surface area (Å²) in [5, 5.41) is 5.12. The molecule has 0 spiro atoms. The number of amides is 1. The molecular weight excluding hydrogens is 370 g/mol. The van der Waals surface area contributed by atoms with Gasteiger partial charge in [0.05, 0.1) is 25.5 Å². The number of halogens is 2. The summed E-state index contributed by atoms with van der Waals surface area (Å²) in [6.07, 6.45) is 2.46. The maximum absolute atomic E-state index is 13.6. The molecular formula is C19H16F2N4O3. The molecule has 1 amide bonds. The van der Waals surface area contributed by atoms with Gasteiger partial charge in [0.25, 0.3) is 5.91 Å². The van der Waals surface area contributed by atoms with Crippen molar-refractivity contribution in [3.63, 3.8) is 0 Å². The fourth-order valence-corrected chi connectivity index (χ4v) is 2.34. The molecule has 0 aliphatic rings. The van der Waals surface area contributed by atoms with Crippen molar-refractivity contribution in [2.45, 2.75) is 0 Å². The van der Waals surface area contributed by atoms with Crippen molar-refractivity contribution in [1.29, 1.82) is 0 Å². The van der Waals surface area contributed by atoms with Crippen LogP contribution in [0.15, 0.2) is 48.8 Å². The monoisotopic (exact) mass is 386 g/mol. The van der Waals surface area contributed by atoms with E-state index in [0.717, 1.165) is 12.1 Å². The number of hydrogen-bond acceptors (Lipinski definition) is 6. The van der Waals surface area contributed by atoms with Gasteiger partial charge in [0.1, 0.15) is 28.8 Å². The van der Waals surface area contributed by atoms with Gasteiger partial charge in [-0.15, -0.1) is 0 Å². The Bertz CT molecular complexity index is 977. The normalized spacial score (nSPS) is 10.3. The lowest BCUT2D eigenvalue weighted by Crippen LogP contribution is -2.15. The molecule has 0 atom stereocenters. The quantitative estimate of drug-likeness (QED) is 0.671. The van der Waals surface area contributed by atoms with E-state index < -0.39 is 23.2 Å². The molecule has 0 bridgehead atoms. The number of hydrogen-bond donors (Lipinski definition) is 2. The minimum Gasteiger partial charge on any atom is -0.497 e. The molecule has 1 heterocycles. The van der Waals surface area contributed by atoms with E-state index in [9.17, 15) is 13.6 Å². The lowest BCUT2D eigenvalue weighted by molar-refractivity contribution is 0.102. The summed E-state index contributed by atoms with van der Waals surface area (Å²) in [4.78, 5) is 20.3. The summed E-state index contributed by atoms with van der Waals surface area (Å²) in [5.74, 6) is -1.16. The highest BCUT2D eigenvalue weighted by atomic mass is 19.1. The maximum Gasteiger partial charge on any atom is 0.258 e. The number of benzene rings is 2. The van der Waals surface area contributed by atoms with Crippen molar-refractivity contribution < 1.29 is 23.0 Å². The molecule has 28 heavy (non-hydrogen) atoms. The van der Waals surface area contributed by atoms with Gasteiger partial charge in [-0.3, -0.25) is 4.79 Å². The summed E-state index contributed by atoms with van der Waals surface area (Å²) in [7, 11) is 3.05. The van der Waals surface area contributed by atoms with Crippen molar-refractivity contribution in [3.8, 4) is 11.5 Å². The molecule has 0 unspecified atom stereocenters. The first-order valence-electron chi connectivity index (χ1n) is 8.08. The number of para-hydroxylation sites is 1. The van der Waals surface area contributed by atoms with Crippen molar-refractivity contribution in [2.75, 3.05) is 24.9 Å². The summed E-state index contributed by atoms with van der Waals surface area (Å²) in [5.41, 5.74) is 0.0640. The number of nitrogens with one attached hydrogen (secondary N) is 2. The van der Waals surface area contributed by atoms with Crippen molar-refractivity contribution >= 4 is 23.2 Å². The number of carbonyl (C=O) groups excluding carboxylic acids is 1. The minimum atomic E-state index is -0.877. The Hall–Kier alpha value is -3.75. The Morgan fingerprint density at radius 3 is 2.29 bits per heavy atom. The van der Waals surface area contributed by atoms with Gasteiger partial charge in [-0.25, -0.2) is 18.7 Å². The van der Waals surface area contributed by atoms with Gasteiger partial charge in [0, 0.05) is 18.5 Å². The minimum absolute atomic E-state index is 0.0332. The molecule has 2 aromatic carbocycles. The van der Waals surface area contributed by atoms with Crippen LogP contribution >= 0.6 is 0 Å². The lowest BCUT2D eigenvalue weighted by Gasteiger charge is -2.12. The Morgan fingerprint density at radius 2 is 1.68 bits per heavy atom. The van der Waals surface area contributed by atoms with Crippen LogP contribution in [0.5, 0.6) is 11.5 Å². The molecule has 0 radical (unpaired) electrons. The summed E-state index contributed by atoms with van der Waals surface area (Å²) >= 11 is 0. The number of carbonyl (C=O) groups is 1. The Balaban J connectivity index is 1.76. The topological polar surface area (TPSA) is 85.4 Å². The first kappa shape index (κ1) is 19.0. The van der Waals surface area contributed by atoms with Gasteiger partial charge in [-0.1, -0.05) is 6.07 Å². The molecule has 3 rings (SSSR count). The number of nitrogens with zero attached hydrogens (tertiary/aromatic N) is 2. The first-order chi connectivity index (χ1) is 13.5. The van der Waals surface area contributed by atoms with E-state index in [1.54, 1.807) is 18.2 Å². The van der Waals surface area contributed by atoms with Crippen LogP contribution in [-0.2, 0) is 0 Å². The van der Waals surface area contributed by atoms with Gasteiger partial charge in [0.15, 0.2) is 0 Å². The largest absolute Gasteiger partial charge is 0.497 e. The molecule has 3 aromatic rings. The number of rotatable bonds is 6. The van der Waals surface area contributed by atoms with E-state index in [2.05, 4.69) is 20.6 Å². The molecule has 0 aliphatic heterocycles. The highest BCUT2D eigenvalue weighted by molar-refractivity contribution is 6.04. The molecule has 2 N–H and O–H groups in total. The molecule has 0 fully saturated rings. The van der Waals surface area contributed by atoms with E-state index >= 15 is 0 Å². The predicted molar refractivity (Wildman–Crippen MR) is 99.2 cm³/mol. The van der Waals surface area contributed by atoms with Crippen LogP contribution in [-0.4, -0.2) is 30.1 Å². The third-order valence-corrected chi connectivity index (χ3v) is 3.77. The van der Waals surface area contributed by atoms with E-state index in [4.69, 9.17) is 9.47 Å². The predicted octanol–water partition coefficient (Wildman–Crippen LogP) is 3.77. The van der Waals surface area contributed by atoms with Crippen LogP contribution in [0.3, 0.4) is 0 Å². The Labute approximate surface area is 159 Å². The Kier molecular flexibility index (Phi) is 5.64. The third kappa shape index (κ3) is 4.14. The second-order valence-electron chi connectivity index (χ2n) is 5.54. The summed E-state index contributed by atoms with van der Waals surface area (Å²) in [6.45, 7) is 0. The third-order valence-electron chi connectivity index (χ3n) is 3.77.